The van der Waals surface area contributed by atoms with Crippen molar-refractivity contribution in [2.24, 2.45) is 0 Å². The lowest BCUT2D eigenvalue weighted by Gasteiger charge is -2.25. The molecule has 3 aliphatic rings. The fourth-order valence-corrected chi connectivity index (χ4v) is 4.87. The van der Waals surface area contributed by atoms with Crippen LogP contribution < -0.4 is 4.74 Å². The van der Waals surface area contributed by atoms with Gasteiger partial charge in [-0.15, -0.1) is 0 Å². The third-order valence-corrected chi connectivity index (χ3v) is 6.37. The molecule has 0 N–H and O–H groups in total. The van der Waals surface area contributed by atoms with Crippen LogP contribution in [0.25, 0.3) is 11.1 Å². The summed E-state index contributed by atoms with van der Waals surface area (Å²) in [5, 5.41) is 0.336. The van der Waals surface area contributed by atoms with E-state index in [2.05, 4.69) is 12.2 Å². The summed E-state index contributed by atoms with van der Waals surface area (Å²) in [6.45, 7) is 0. The Morgan fingerprint density at radius 2 is 1.86 bits per heavy atom. The molecular weight excluding hydrogens is 375 g/mol. The molecule has 0 saturated carbocycles. The quantitative estimate of drug-likeness (QED) is 0.539. The molecule has 142 valence electrons. The predicted octanol–water partition coefficient (Wildman–Crippen LogP) is 6.68. The molecule has 28 heavy (non-hydrogen) atoms. The Hall–Kier alpha value is -2.39. The smallest absolute Gasteiger partial charge is 0.210 e. The molecule has 0 aromatic heterocycles. The van der Waals surface area contributed by atoms with E-state index in [-0.39, 0.29) is 5.78 Å². The molecule has 0 saturated heterocycles. The maximum atomic E-state index is 13.8. The molecule has 2 aliphatic carbocycles. The molecule has 2 aromatic carbocycles. The van der Waals surface area contributed by atoms with E-state index in [1.807, 2.05) is 18.2 Å². The second-order valence-corrected chi connectivity index (χ2v) is 8.30. The Labute approximate surface area is 168 Å². The van der Waals surface area contributed by atoms with E-state index < -0.39 is 11.4 Å². The number of ether oxygens (including phenoxy) is 1. The van der Waals surface area contributed by atoms with Gasteiger partial charge in [0.2, 0.25) is 5.78 Å². The molecule has 0 bridgehead atoms. The summed E-state index contributed by atoms with van der Waals surface area (Å²) in [7, 11) is 0. The van der Waals surface area contributed by atoms with E-state index in [9.17, 15) is 9.18 Å². The zero-order valence-corrected chi connectivity index (χ0v) is 16.2. The summed E-state index contributed by atoms with van der Waals surface area (Å²) in [5.41, 5.74) is 4.10. The van der Waals surface area contributed by atoms with Gasteiger partial charge in [0.1, 0.15) is 11.6 Å². The van der Waals surface area contributed by atoms with Crippen molar-refractivity contribution in [1.29, 1.82) is 0 Å². The summed E-state index contributed by atoms with van der Waals surface area (Å²) in [4.78, 5) is 13.4. The third kappa shape index (κ3) is 2.89. The van der Waals surface area contributed by atoms with Crippen LogP contribution in [0.4, 0.5) is 4.39 Å². The fourth-order valence-electron chi connectivity index (χ4n) is 4.65. The standard InChI is InChI=1S/C24H20ClFO2/c25-19-11-18(12-20(26)14-19)17-5-6-22-21(13-17)23(27)24(28-22)9-7-15-3-1-2-4-16(15)8-10-24/h1,3,5-6,11-14H,2,4,7-10H2. The van der Waals surface area contributed by atoms with E-state index in [0.717, 1.165) is 31.2 Å². The van der Waals surface area contributed by atoms with Gasteiger partial charge < -0.3 is 4.74 Å². The highest BCUT2D eigenvalue weighted by Gasteiger charge is 2.48. The summed E-state index contributed by atoms with van der Waals surface area (Å²) in [6, 6.07) is 9.91. The van der Waals surface area contributed by atoms with Gasteiger partial charge in [-0.1, -0.05) is 35.4 Å². The van der Waals surface area contributed by atoms with Crippen molar-refractivity contribution in [2.75, 3.05) is 0 Å². The van der Waals surface area contributed by atoms with Crippen LogP contribution >= 0.6 is 11.6 Å². The molecular formula is C24H20ClFO2. The first kappa shape index (κ1) is 17.7. The number of carbonyl (C=O) groups is 1. The van der Waals surface area contributed by atoms with Gasteiger partial charge in [-0.05, 0) is 85.6 Å². The zero-order valence-electron chi connectivity index (χ0n) is 15.4. The van der Waals surface area contributed by atoms with Gasteiger partial charge in [0.25, 0.3) is 0 Å². The lowest BCUT2D eigenvalue weighted by molar-refractivity contribution is 0.0500. The first-order valence-corrected chi connectivity index (χ1v) is 10.1. The normalized spacial score (nSPS) is 23.4. The lowest BCUT2D eigenvalue weighted by Crippen LogP contribution is -2.39. The largest absolute Gasteiger partial charge is 0.478 e. The van der Waals surface area contributed by atoms with Crippen molar-refractivity contribution < 1.29 is 13.9 Å². The third-order valence-electron chi connectivity index (χ3n) is 6.15. The molecule has 5 rings (SSSR count). The topological polar surface area (TPSA) is 26.3 Å². The van der Waals surface area contributed by atoms with Gasteiger partial charge in [-0.25, -0.2) is 4.39 Å². The number of ketones is 1. The minimum Gasteiger partial charge on any atom is -0.478 e. The van der Waals surface area contributed by atoms with Gasteiger partial charge in [-0.2, -0.15) is 0 Å². The first-order chi connectivity index (χ1) is 13.5. The van der Waals surface area contributed by atoms with Gasteiger partial charge in [-0.3, -0.25) is 4.79 Å². The Kier molecular flexibility index (Phi) is 4.17. The Morgan fingerprint density at radius 1 is 1.00 bits per heavy atom. The van der Waals surface area contributed by atoms with Gasteiger partial charge in [0, 0.05) is 5.02 Å². The van der Waals surface area contributed by atoms with Gasteiger partial charge in [0.15, 0.2) is 5.60 Å². The Morgan fingerprint density at radius 3 is 2.71 bits per heavy atom. The van der Waals surface area contributed by atoms with E-state index in [4.69, 9.17) is 16.3 Å². The number of halogens is 2. The summed E-state index contributed by atoms with van der Waals surface area (Å²) >= 11 is 6.00. The van der Waals surface area contributed by atoms with Crippen molar-refractivity contribution in [2.45, 2.75) is 44.1 Å². The highest BCUT2D eigenvalue weighted by Crippen LogP contribution is 2.46. The maximum absolute atomic E-state index is 13.8. The molecule has 1 aliphatic heterocycles. The number of Topliss-reactive ketones (excluding diaryl/α,β-unsaturated/α-hetero) is 1. The van der Waals surface area contributed by atoms with Crippen LogP contribution in [-0.2, 0) is 0 Å². The highest BCUT2D eigenvalue weighted by molar-refractivity contribution is 6.30. The molecule has 0 fully saturated rings. The number of fused-ring (bicyclic) bond motifs is 1. The summed E-state index contributed by atoms with van der Waals surface area (Å²) < 4.78 is 20.0. The first-order valence-electron chi connectivity index (χ1n) is 9.76. The highest BCUT2D eigenvalue weighted by atomic mass is 35.5. The van der Waals surface area contributed by atoms with Crippen molar-refractivity contribution >= 4 is 17.4 Å². The number of benzene rings is 2. The van der Waals surface area contributed by atoms with Crippen molar-refractivity contribution in [3.05, 3.63) is 76.1 Å². The van der Waals surface area contributed by atoms with Gasteiger partial charge in [0.05, 0.1) is 5.56 Å². The average molecular weight is 395 g/mol. The van der Waals surface area contributed by atoms with E-state index in [0.29, 0.717) is 34.7 Å². The predicted molar refractivity (Wildman–Crippen MR) is 108 cm³/mol. The molecule has 0 amide bonds. The van der Waals surface area contributed by atoms with E-state index in [1.165, 1.54) is 23.3 Å². The zero-order chi connectivity index (χ0) is 19.3. The summed E-state index contributed by atoms with van der Waals surface area (Å²) in [5.74, 6) is 0.290. The minimum atomic E-state index is -0.772. The maximum Gasteiger partial charge on any atom is 0.210 e. The SMILES string of the molecule is O=C1c2cc(-c3cc(F)cc(Cl)c3)ccc2OC12CCC1=C(CCC=C1)CC2. The molecule has 1 atom stereocenters. The second-order valence-electron chi connectivity index (χ2n) is 7.86. The Balaban J connectivity index is 1.47. The number of allylic oxidation sites excluding steroid dienone is 4. The average Bonchev–Trinajstić information content (AvgIpc) is 2.83. The number of hydrogen-bond donors (Lipinski definition) is 0. The molecule has 1 spiro atoms. The van der Waals surface area contributed by atoms with Crippen LogP contribution in [0.5, 0.6) is 5.75 Å². The fraction of sp³-hybridized carbons (Fsp3) is 0.292. The molecule has 4 heteroatoms. The molecule has 1 unspecified atom stereocenters. The van der Waals surface area contributed by atoms with E-state index >= 15 is 0 Å². The van der Waals surface area contributed by atoms with E-state index in [1.54, 1.807) is 6.07 Å². The van der Waals surface area contributed by atoms with Crippen LogP contribution in [0, 0.1) is 5.82 Å². The molecule has 1 heterocycles. The van der Waals surface area contributed by atoms with Gasteiger partial charge >= 0.3 is 0 Å². The minimum absolute atomic E-state index is 0.0516. The van der Waals surface area contributed by atoms with Crippen molar-refractivity contribution in [3.8, 4) is 16.9 Å². The van der Waals surface area contributed by atoms with Crippen LogP contribution in [0.1, 0.15) is 48.9 Å². The monoisotopic (exact) mass is 394 g/mol. The van der Waals surface area contributed by atoms with Crippen LogP contribution in [-0.4, -0.2) is 11.4 Å². The Bertz CT molecular complexity index is 1030. The lowest BCUT2D eigenvalue weighted by atomic mass is 9.86. The van der Waals surface area contributed by atoms with Crippen molar-refractivity contribution in [1.82, 2.24) is 0 Å². The number of rotatable bonds is 1. The van der Waals surface area contributed by atoms with Crippen LogP contribution in [0.15, 0.2) is 59.7 Å². The molecule has 0 radical (unpaired) electrons. The molecule has 2 nitrogen and oxygen atoms in total. The van der Waals surface area contributed by atoms with Crippen LogP contribution in [0.2, 0.25) is 5.02 Å². The number of carbonyl (C=O) groups excluding carboxylic acids is 1. The van der Waals surface area contributed by atoms with Crippen LogP contribution in [0.3, 0.4) is 0 Å². The summed E-state index contributed by atoms with van der Waals surface area (Å²) in [6.07, 6.45) is 9.81. The molecule has 2 aromatic rings. The second kappa shape index (κ2) is 6.59. The van der Waals surface area contributed by atoms with Crippen molar-refractivity contribution in [3.63, 3.8) is 0 Å². The number of hydrogen-bond acceptors (Lipinski definition) is 2.